The Morgan fingerprint density at radius 2 is 1.74 bits per heavy atom. The van der Waals surface area contributed by atoms with Crippen LogP contribution in [0.3, 0.4) is 0 Å². The molecular weight excluding hydrogens is 314 g/mol. The van der Waals surface area contributed by atoms with Crippen molar-refractivity contribution in [3.63, 3.8) is 0 Å². The molecule has 0 unspecified atom stereocenters. The van der Waals surface area contributed by atoms with Gasteiger partial charge < -0.3 is 9.52 Å². The van der Waals surface area contributed by atoms with Crippen molar-refractivity contribution in [1.29, 1.82) is 0 Å². The molecule has 0 saturated carbocycles. The van der Waals surface area contributed by atoms with Crippen molar-refractivity contribution >= 4 is 23.6 Å². The van der Waals surface area contributed by atoms with E-state index in [1.807, 2.05) is 42.5 Å². The third-order valence-electron chi connectivity index (χ3n) is 3.17. The third-order valence-corrected chi connectivity index (χ3v) is 3.42. The van der Waals surface area contributed by atoms with Crippen LogP contribution in [0.4, 0.5) is 0 Å². The summed E-state index contributed by atoms with van der Waals surface area (Å²) in [6, 6.07) is 16.5. The van der Waals surface area contributed by atoms with Gasteiger partial charge in [0.2, 0.25) is 5.89 Å². The van der Waals surface area contributed by atoms with E-state index in [-0.39, 0.29) is 0 Å². The summed E-state index contributed by atoms with van der Waals surface area (Å²) in [4.78, 5) is 15.3. The van der Waals surface area contributed by atoms with Gasteiger partial charge in [0.05, 0.1) is 0 Å². The summed E-state index contributed by atoms with van der Waals surface area (Å²) in [6.45, 7) is 0. The molecule has 0 aliphatic carbocycles. The van der Waals surface area contributed by atoms with Gasteiger partial charge in [-0.05, 0) is 30.3 Å². The highest BCUT2D eigenvalue weighted by molar-refractivity contribution is 6.30. The van der Waals surface area contributed by atoms with Gasteiger partial charge in [-0.2, -0.15) is 0 Å². The first-order chi connectivity index (χ1) is 11.1. The predicted octanol–water partition coefficient (Wildman–Crippen LogP) is 4.76. The Kier molecular flexibility index (Phi) is 4.26. The van der Waals surface area contributed by atoms with Crippen LogP contribution >= 0.6 is 11.6 Å². The fraction of sp³-hybridized carbons (Fsp3) is 0. The minimum absolute atomic E-state index is 0.383. The minimum Gasteiger partial charge on any atom is -0.478 e. The number of carbonyl (C=O) groups is 1. The van der Waals surface area contributed by atoms with E-state index in [0.717, 1.165) is 17.2 Å². The third kappa shape index (κ3) is 3.49. The number of carboxylic acid groups (broad SMARTS) is 1. The molecule has 0 fully saturated rings. The largest absolute Gasteiger partial charge is 0.478 e. The Hall–Kier alpha value is -2.85. The first-order valence-corrected chi connectivity index (χ1v) is 7.24. The Balaban J connectivity index is 2.10. The molecule has 0 saturated heterocycles. The highest BCUT2D eigenvalue weighted by atomic mass is 35.5. The van der Waals surface area contributed by atoms with Crippen molar-refractivity contribution in [2.24, 2.45) is 0 Å². The molecule has 4 nitrogen and oxygen atoms in total. The summed E-state index contributed by atoms with van der Waals surface area (Å²) in [6.07, 6.45) is 2.42. The number of aromatic nitrogens is 1. The molecule has 0 aliphatic heterocycles. The van der Waals surface area contributed by atoms with Gasteiger partial charge in [0, 0.05) is 22.2 Å². The predicted molar refractivity (Wildman–Crippen MR) is 89.1 cm³/mol. The van der Waals surface area contributed by atoms with Gasteiger partial charge in [0.1, 0.15) is 5.69 Å². The monoisotopic (exact) mass is 325 g/mol. The Morgan fingerprint density at radius 3 is 2.39 bits per heavy atom. The minimum atomic E-state index is -1.05. The standard InChI is InChI=1S/C18H12ClNO3/c19-14-8-6-12(7-9-14)17-15(10-11-16(21)22)23-18(20-17)13-4-2-1-3-5-13/h1-11H,(H,21,22). The SMILES string of the molecule is O=C(O)C=Cc1oc(-c2ccccc2)nc1-c1ccc(Cl)cc1. The number of aliphatic carboxylic acids is 1. The average Bonchev–Trinajstić information content (AvgIpc) is 2.99. The quantitative estimate of drug-likeness (QED) is 0.702. The molecular formula is C18H12ClNO3. The van der Waals surface area contributed by atoms with Crippen LogP contribution in [0.15, 0.2) is 65.1 Å². The Morgan fingerprint density at radius 1 is 1.04 bits per heavy atom. The normalized spacial score (nSPS) is 11.0. The maximum Gasteiger partial charge on any atom is 0.328 e. The summed E-state index contributed by atoms with van der Waals surface area (Å²) < 4.78 is 5.74. The van der Waals surface area contributed by atoms with Gasteiger partial charge in [-0.3, -0.25) is 0 Å². The molecule has 0 atom stereocenters. The highest BCUT2D eigenvalue weighted by Gasteiger charge is 2.14. The number of oxazole rings is 1. The van der Waals surface area contributed by atoms with E-state index in [4.69, 9.17) is 21.1 Å². The number of halogens is 1. The first-order valence-electron chi connectivity index (χ1n) is 6.86. The topological polar surface area (TPSA) is 63.3 Å². The van der Waals surface area contributed by atoms with Gasteiger partial charge in [-0.15, -0.1) is 0 Å². The lowest BCUT2D eigenvalue weighted by Gasteiger charge is -1.97. The van der Waals surface area contributed by atoms with E-state index in [1.165, 1.54) is 6.08 Å². The number of hydrogen-bond acceptors (Lipinski definition) is 3. The lowest BCUT2D eigenvalue weighted by molar-refractivity contribution is -0.131. The van der Waals surface area contributed by atoms with Crippen molar-refractivity contribution in [3.8, 4) is 22.7 Å². The van der Waals surface area contributed by atoms with Crippen molar-refractivity contribution in [2.75, 3.05) is 0 Å². The van der Waals surface area contributed by atoms with Gasteiger partial charge >= 0.3 is 5.97 Å². The lowest BCUT2D eigenvalue weighted by Crippen LogP contribution is -1.86. The van der Waals surface area contributed by atoms with Crippen LogP contribution in [-0.4, -0.2) is 16.1 Å². The van der Waals surface area contributed by atoms with E-state index < -0.39 is 5.97 Å². The molecule has 0 spiro atoms. The van der Waals surface area contributed by atoms with E-state index in [0.29, 0.717) is 22.4 Å². The zero-order valence-corrected chi connectivity index (χ0v) is 12.7. The molecule has 0 aliphatic rings. The summed E-state index contributed by atoms with van der Waals surface area (Å²) in [5, 5.41) is 9.44. The van der Waals surface area contributed by atoms with Crippen molar-refractivity contribution in [3.05, 3.63) is 71.5 Å². The second-order valence-corrected chi connectivity index (χ2v) is 5.21. The van der Waals surface area contributed by atoms with Gasteiger partial charge in [-0.25, -0.2) is 9.78 Å². The van der Waals surface area contributed by atoms with E-state index in [2.05, 4.69) is 4.98 Å². The molecule has 3 aromatic rings. The van der Waals surface area contributed by atoms with Crippen molar-refractivity contribution in [1.82, 2.24) is 4.98 Å². The molecule has 1 heterocycles. The van der Waals surface area contributed by atoms with Gasteiger partial charge in [0.25, 0.3) is 0 Å². The zero-order valence-electron chi connectivity index (χ0n) is 11.9. The van der Waals surface area contributed by atoms with Crippen LogP contribution in [0.5, 0.6) is 0 Å². The van der Waals surface area contributed by atoms with E-state index in [9.17, 15) is 4.79 Å². The smallest absolute Gasteiger partial charge is 0.328 e. The van der Waals surface area contributed by atoms with Gasteiger partial charge in [0.15, 0.2) is 5.76 Å². The van der Waals surface area contributed by atoms with Gasteiger partial charge in [-0.1, -0.05) is 41.9 Å². The first kappa shape index (κ1) is 15.1. The molecule has 23 heavy (non-hydrogen) atoms. The number of nitrogens with zero attached hydrogens (tertiary/aromatic N) is 1. The summed E-state index contributed by atoms with van der Waals surface area (Å²) in [5.74, 6) is -0.237. The van der Waals surface area contributed by atoms with Crippen LogP contribution < -0.4 is 0 Å². The zero-order chi connectivity index (χ0) is 16.2. The molecule has 1 aromatic heterocycles. The lowest BCUT2D eigenvalue weighted by atomic mass is 10.1. The maximum absolute atomic E-state index is 10.8. The molecule has 3 rings (SSSR count). The number of benzene rings is 2. The van der Waals surface area contributed by atoms with Crippen molar-refractivity contribution in [2.45, 2.75) is 0 Å². The molecule has 1 N–H and O–H groups in total. The van der Waals surface area contributed by atoms with E-state index in [1.54, 1.807) is 12.1 Å². The second kappa shape index (κ2) is 6.50. The molecule has 2 aromatic carbocycles. The van der Waals surface area contributed by atoms with Crippen molar-refractivity contribution < 1.29 is 14.3 Å². The Labute approximate surface area is 137 Å². The molecule has 0 bridgehead atoms. The summed E-state index contributed by atoms with van der Waals surface area (Å²) in [5.41, 5.74) is 2.18. The second-order valence-electron chi connectivity index (χ2n) is 4.78. The van der Waals surface area contributed by atoms with Crippen LogP contribution in [0, 0.1) is 0 Å². The molecule has 0 amide bonds. The Bertz CT molecular complexity index is 852. The average molecular weight is 326 g/mol. The number of rotatable bonds is 4. The number of carboxylic acids is 1. The number of hydrogen-bond donors (Lipinski definition) is 1. The van der Waals surface area contributed by atoms with Crippen LogP contribution in [0.1, 0.15) is 5.76 Å². The summed E-state index contributed by atoms with van der Waals surface area (Å²) >= 11 is 5.91. The molecule has 5 heteroatoms. The summed E-state index contributed by atoms with van der Waals surface area (Å²) in [7, 11) is 0. The molecule has 114 valence electrons. The van der Waals surface area contributed by atoms with Crippen LogP contribution in [0.2, 0.25) is 5.02 Å². The maximum atomic E-state index is 10.8. The highest BCUT2D eigenvalue weighted by Crippen LogP contribution is 2.30. The fourth-order valence-electron chi connectivity index (χ4n) is 2.11. The molecule has 0 radical (unpaired) electrons. The van der Waals surface area contributed by atoms with E-state index >= 15 is 0 Å². The van der Waals surface area contributed by atoms with Crippen LogP contribution in [0.25, 0.3) is 28.8 Å². The van der Waals surface area contributed by atoms with Crippen LogP contribution in [-0.2, 0) is 4.79 Å². The fourth-order valence-corrected chi connectivity index (χ4v) is 2.24.